The fourth-order valence-corrected chi connectivity index (χ4v) is 15.8. The Labute approximate surface area is 717 Å². The van der Waals surface area contributed by atoms with Crippen molar-refractivity contribution >= 4 is 75.4 Å². The number of aliphatic imine (C=N–C) groups is 2. The van der Waals surface area contributed by atoms with Crippen molar-refractivity contribution in [3.63, 3.8) is 0 Å². The first-order chi connectivity index (χ1) is 60.0. The third kappa shape index (κ3) is 20.9. The van der Waals surface area contributed by atoms with Gasteiger partial charge in [-0.05, 0) is 121 Å². The molecule has 0 bridgehead atoms. The highest BCUT2D eigenvalue weighted by Crippen LogP contribution is 2.42. The number of rotatable bonds is 36. The maximum Gasteiger partial charge on any atom is 0.501 e. The summed E-state index contributed by atoms with van der Waals surface area (Å²) in [6, 6.07) is 25.5. The number of nitrogens with zero attached hydrogens (tertiary/aromatic N) is 12. The van der Waals surface area contributed by atoms with Gasteiger partial charge in [0.2, 0.25) is 6.29 Å². The number of hydrogen-bond acceptors (Lipinski definition) is 30. The number of hydrogen-bond donors (Lipinski definition) is 6. The van der Waals surface area contributed by atoms with E-state index in [1.54, 1.807) is 77.5 Å². The number of esters is 1. The molecule has 0 aliphatic carbocycles. The molecule has 3 aromatic heterocycles. The zero-order valence-corrected chi connectivity index (χ0v) is 70.3. The van der Waals surface area contributed by atoms with E-state index in [1.165, 1.54) is 62.2 Å². The minimum absolute atomic E-state index is 0.00108. The summed E-state index contributed by atoms with van der Waals surface area (Å²) in [4.78, 5) is 114. The number of amides is 4. The van der Waals surface area contributed by atoms with Crippen molar-refractivity contribution in [2.75, 3.05) is 74.9 Å². The van der Waals surface area contributed by atoms with Crippen LogP contribution in [0, 0.1) is 0 Å². The van der Waals surface area contributed by atoms with Gasteiger partial charge in [0, 0.05) is 104 Å². The van der Waals surface area contributed by atoms with Crippen molar-refractivity contribution in [3.8, 4) is 40.2 Å². The molecule has 0 saturated carbocycles. The summed E-state index contributed by atoms with van der Waals surface area (Å²) in [6.45, 7) is 2.42. The molecule has 6 N–H and O–H groups in total. The van der Waals surface area contributed by atoms with E-state index in [0.29, 0.717) is 94.7 Å². The summed E-state index contributed by atoms with van der Waals surface area (Å²) in [5, 5.41) is 55.4. The number of aliphatic hydroxyl groups is 4. The monoisotopic (exact) mass is 1740 g/mol. The molecule has 5 aliphatic heterocycles. The van der Waals surface area contributed by atoms with Crippen LogP contribution in [0.3, 0.4) is 0 Å². The average Bonchev–Trinajstić information content (AvgIpc) is 1.66. The predicted octanol–water partition coefficient (Wildman–Crippen LogP) is 4.65. The third-order valence-electron chi connectivity index (χ3n) is 21.3. The number of fused-ring (bicyclic) bond motifs is 6. The normalized spacial score (nSPS) is 18.3. The first-order valence-electron chi connectivity index (χ1n) is 39.7. The molecular formula is C86H93N14O24S+. The SMILES string of the molecule is COC(=O)c1cc(C(=O)/C=C/C(C)=O)cc(C(=O)NCCOCc2cn(CCOCCNC(=O)c3ccc(OC4O[C@H](CO)[C@H](O)[C@H](O)[C@H]4O)c(OS(=O)(=O)Oc4ccc(C[N+](C)(C)Cc5cc(COc6cc7c(cc6OC)C(=O)N6Cc8ncn(C)c8C[C@H]6C=N7)cc(COc6cc7c(cc6OC)C(=O)N6Cc8ncn(C)c8C[C@H]6C=N7)c5)cc4)c3)nn2)c1. The van der Waals surface area contributed by atoms with Crippen LogP contribution in [-0.2, 0) is 114 Å². The number of quaternary nitrogens is 1. The molecule has 38 nitrogen and oxygen atoms in total. The predicted molar refractivity (Wildman–Crippen MR) is 443 cm³/mol. The van der Waals surface area contributed by atoms with Crippen LogP contribution in [0.4, 0.5) is 11.4 Å². The highest BCUT2D eigenvalue weighted by atomic mass is 32.3. The van der Waals surface area contributed by atoms with Crippen LogP contribution in [0.25, 0.3) is 0 Å². The van der Waals surface area contributed by atoms with Crippen molar-refractivity contribution in [2.24, 2.45) is 24.1 Å². The van der Waals surface area contributed by atoms with Gasteiger partial charge in [-0.3, -0.25) is 38.8 Å². The Balaban J connectivity index is 0.613. The number of aromatic nitrogens is 7. The number of ketones is 2. The summed E-state index contributed by atoms with van der Waals surface area (Å²) in [5.41, 5.74) is 8.65. The lowest BCUT2D eigenvalue weighted by Crippen LogP contribution is -2.60. The Kier molecular flexibility index (Phi) is 27.0. The number of methoxy groups -OCH3 is 3. The van der Waals surface area contributed by atoms with E-state index in [4.69, 9.17) is 61.0 Å². The quantitative estimate of drug-likeness (QED) is 0.0102. The lowest BCUT2D eigenvalue weighted by atomic mass is 9.99. The highest BCUT2D eigenvalue weighted by Gasteiger charge is 2.46. The number of allylic oxidation sites excluding steroid dienone is 2. The number of carbonyl (C=O) groups is 7. The van der Waals surface area contributed by atoms with E-state index in [-0.39, 0.29) is 117 Å². The number of imidazole rings is 2. The van der Waals surface area contributed by atoms with Gasteiger partial charge in [-0.25, -0.2) is 19.4 Å². The fraction of sp³-hybridized carbons (Fsp3) is 0.360. The van der Waals surface area contributed by atoms with E-state index in [2.05, 4.69) is 30.9 Å². The summed E-state index contributed by atoms with van der Waals surface area (Å²) < 4.78 is 97.3. The Morgan fingerprint density at radius 2 is 1.17 bits per heavy atom. The van der Waals surface area contributed by atoms with Crippen LogP contribution in [-0.4, -0.2) is 249 Å². The maximum absolute atomic E-state index is 14.3. The van der Waals surface area contributed by atoms with Gasteiger partial charge >= 0.3 is 16.4 Å². The average molecular weight is 1740 g/mol. The smallest absolute Gasteiger partial charge is 0.493 e. The van der Waals surface area contributed by atoms with E-state index >= 15 is 0 Å². The van der Waals surface area contributed by atoms with Gasteiger partial charge < -0.3 is 105 Å². The van der Waals surface area contributed by atoms with Gasteiger partial charge in [-0.1, -0.05) is 5.21 Å². The van der Waals surface area contributed by atoms with Crippen molar-refractivity contribution in [1.29, 1.82) is 0 Å². The molecule has 125 heavy (non-hydrogen) atoms. The molecule has 0 spiro atoms. The van der Waals surface area contributed by atoms with E-state index < -0.39 is 82.8 Å². The summed E-state index contributed by atoms with van der Waals surface area (Å²) in [6.07, 6.45) is 3.10. The van der Waals surface area contributed by atoms with Gasteiger partial charge in [-0.15, -0.1) is 13.5 Å². The number of nitrogens with one attached hydrogen (secondary N) is 2. The van der Waals surface area contributed by atoms with Crippen LogP contribution in [0.2, 0.25) is 0 Å². The van der Waals surface area contributed by atoms with Gasteiger partial charge in [0.15, 0.2) is 46.1 Å². The maximum atomic E-state index is 14.3. The van der Waals surface area contributed by atoms with Crippen LogP contribution in [0.5, 0.6) is 40.2 Å². The van der Waals surface area contributed by atoms with Gasteiger partial charge in [0.25, 0.3) is 23.6 Å². The lowest BCUT2D eigenvalue weighted by molar-refractivity contribution is -0.916. The zero-order valence-electron chi connectivity index (χ0n) is 69.4. The molecule has 656 valence electrons. The van der Waals surface area contributed by atoms with Crippen molar-refractivity contribution in [2.45, 2.75) is 115 Å². The molecular weight excluding hydrogens is 1650 g/mol. The van der Waals surface area contributed by atoms with Gasteiger partial charge in [0.1, 0.15) is 62.2 Å². The summed E-state index contributed by atoms with van der Waals surface area (Å²) in [5.74, 6) is -3.40. The first kappa shape index (κ1) is 88.2. The second kappa shape index (κ2) is 38.3. The van der Waals surface area contributed by atoms with Crippen LogP contribution in [0.1, 0.15) is 120 Å². The molecule has 6 aromatic carbocycles. The van der Waals surface area contributed by atoms with E-state index in [0.717, 1.165) is 76.4 Å². The van der Waals surface area contributed by atoms with Crippen LogP contribution < -0.4 is 42.7 Å². The molecule has 4 amide bonds. The molecule has 8 heterocycles. The van der Waals surface area contributed by atoms with E-state index in [9.17, 15) is 62.4 Å². The van der Waals surface area contributed by atoms with Crippen LogP contribution >= 0.6 is 0 Å². The minimum atomic E-state index is -5.12. The van der Waals surface area contributed by atoms with Gasteiger partial charge in [0.05, 0.1) is 158 Å². The molecule has 7 atom stereocenters. The molecule has 5 aliphatic rings. The molecule has 1 fully saturated rings. The fourth-order valence-electron chi connectivity index (χ4n) is 15.0. The van der Waals surface area contributed by atoms with Gasteiger partial charge in [-0.2, -0.15) is 0 Å². The summed E-state index contributed by atoms with van der Waals surface area (Å²) >= 11 is 0. The Hall–Kier alpha value is -13.1. The van der Waals surface area contributed by atoms with Crippen molar-refractivity contribution < 1.29 is 118 Å². The Morgan fingerprint density at radius 1 is 0.600 bits per heavy atom. The highest BCUT2D eigenvalue weighted by molar-refractivity contribution is 7.82. The number of ether oxygens (including phenoxy) is 9. The largest absolute Gasteiger partial charge is 0.501 e. The summed E-state index contributed by atoms with van der Waals surface area (Å²) in [7, 11) is 6.93. The number of aryl methyl sites for hydroxylation is 2. The minimum Gasteiger partial charge on any atom is -0.493 e. The Bertz CT molecular complexity index is 5640. The third-order valence-corrected chi connectivity index (χ3v) is 22.1. The van der Waals surface area contributed by atoms with Crippen LogP contribution in [0.15, 0.2) is 144 Å². The number of aliphatic hydroxyl groups excluding tert-OH is 4. The Morgan fingerprint density at radius 3 is 1.75 bits per heavy atom. The van der Waals surface area contributed by atoms with E-state index in [1.807, 2.05) is 55.5 Å². The van der Waals surface area contributed by atoms with Crippen molar-refractivity contribution in [3.05, 3.63) is 218 Å². The second-order valence-corrected chi connectivity index (χ2v) is 32.1. The molecule has 39 heteroatoms. The second-order valence-electron chi connectivity index (χ2n) is 30.9. The standard InChI is InChI=1S/C86H92N14O24S/c1-49(102)9-15-70(103)55-26-56(28-57(27-55)85(111)116-8)82(108)88-18-21-118-46-58-38-97(94-93-58)19-22-117-20-17-87-81(107)54-12-16-71(121-86-80(106)79(105)78(104)77(43-101)122-86)76(29-54)124-125(112,113)123-61-13-10-50(11-14-61)41-100(4,5)42-51-23-52(44-119-74-34-64-62(32-72(74)114-6)83(109)98-39-66-68(95(2)47-91-66)30-59(98)36-89-64)25-53(24-51)45-120-75-35-65-63(33-73(75)115-7)84(110)99-40-67-69(96(3)48-92-67)31-60(99)37-90-65/h9-16,23-29,32-38,47-48,59-60,77-80,86,101,104-106H,17-22,30-31,39-46H2,1-8H3,(H-,87,88,107,108)/p+1/b15-9+/t59-,60-,77+,78-,79-,80+,86?/m0/s1. The number of carbonyl (C=O) groups excluding carboxylic acids is 7. The lowest BCUT2D eigenvalue weighted by Gasteiger charge is -2.39. The zero-order chi connectivity index (χ0) is 88.5. The molecule has 1 saturated heterocycles. The topological polar surface area (TPSA) is 458 Å². The molecule has 0 radical (unpaired) electrons. The van der Waals surface area contributed by atoms with Crippen molar-refractivity contribution in [1.82, 2.24) is 54.5 Å². The molecule has 1 unspecified atom stereocenters. The molecule has 9 aromatic rings. The number of benzene rings is 6. The first-order valence-corrected chi connectivity index (χ1v) is 41.1. The molecule has 14 rings (SSSR count).